The summed E-state index contributed by atoms with van der Waals surface area (Å²) >= 11 is 0. The maximum absolute atomic E-state index is 9.37. The molecule has 1 fully saturated rings. The highest BCUT2D eigenvalue weighted by atomic mass is 16.5. The highest BCUT2D eigenvalue weighted by Gasteiger charge is 2.27. The molecule has 78 valence electrons. The minimum absolute atomic E-state index is 0.0907. The van der Waals surface area contributed by atoms with Crippen molar-refractivity contribution in [1.82, 2.24) is 4.90 Å². The first-order valence-electron chi connectivity index (χ1n) is 4.78. The van der Waals surface area contributed by atoms with Crippen LogP contribution in [0.25, 0.3) is 0 Å². The molecular formula is C9H20N2O2. The molecule has 13 heavy (non-hydrogen) atoms. The zero-order chi connectivity index (χ0) is 9.90. The van der Waals surface area contributed by atoms with Crippen LogP contribution in [0, 0.1) is 0 Å². The summed E-state index contributed by atoms with van der Waals surface area (Å²) in [6.45, 7) is 7.61. The van der Waals surface area contributed by atoms with Crippen molar-refractivity contribution in [3.63, 3.8) is 0 Å². The van der Waals surface area contributed by atoms with Crippen LogP contribution in [0.5, 0.6) is 0 Å². The molecule has 1 atom stereocenters. The Bertz CT molecular complexity index is 162. The third-order valence-corrected chi connectivity index (χ3v) is 2.25. The quantitative estimate of drug-likeness (QED) is 0.622. The summed E-state index contributed by atoms with van der Waals surface area (Å²) in [7, 11) is 0. The number of aliphatic hydroxyl groups is 1. The van der Waals surface area contributed by atoms with Crippen molar-refractivity contribution >= 4 is 0 Å². The molecule has 1 unspecified atom stereocenters. The molecule has 1 aliphatic heterocycles. The van der Waals surface area contributed by atoms with E-state index >= 15 is 0 Å². The van der Waals surface area contributed by atoms with Crippen LogP contribution in [0.15, 0.2) is 0 Å². The Labute approximate surface area is 79.7 Å². The molecule has 0 aromatic carbocycles. The highest BCUT2D eigenvalue weighted by Crippen LogP contribution is 2.16. The van der Waals surface area contributed by atoms with E-state index in [-0.39, 0.29) is 5.60 Å². The van der Waals surface area contributed by atoms with E-state index < -0.39 is 6.10 Å². The third-order valence-electron chi connectivity index (χ3n) is 2.25. The van der Waals surface area contributed by atoms with Gasteiger partial charge in [0.15, 0.2) is 0 Å². The van der Waals surface area contributed by atoms with E-state index in [1.165, 1.54) is 0 Å². The van der Waals surface area contributed by atoms with Gasteiger partial charge in [0.05, 0.1) is 18.3 Å². The van der Waals surface area contributed by atoms with Crippen molar-refractivity contribution in [2.45, 2.75) is 25.6 Å². The van der Waals surface area contributed by atoms with Crippen LogP contribution < -0.4 is 5.73 Å². The molecule has 3 N–H and O–H groups in total. The first kappa shape index (κ1) is 10.9. The fraction of sp³-hybridized carbons (Fsp3) is 1.00. The van der Waals surface area contributed by atoms with Crippen molar-refractivity contribution < 1.29 is 9.84 Å². The highest BCUT2D eigenvalue weighted by molar-refractivity contribution is 4.80. The fourth-order valence-electron chi connectivity index (χ4n) is 1.64. The Morgan fingerprint density at radius 1 is 1.62 bits per heavy atom. The van der Waals surface area contributed by atoms with Gasteiger partial charge < -0.3 is 15.6 Å². The average Bonchev–Trinajstić information content (AvgIpc) is 2.02. The van der Waals surface area contributed by atoms with Crippen molar-refractivity contribution in [2.75, 3.05) is 32.8 Å². The van der Waals surface area contributed by atoms with E-state index in [2.05, 4.69) is 18.7 Å². The molecule has 0 aromatic heterocycles. The van der Waals surface area contributed by atoms with Crippen LogP contribution in [0.4, 0.5) is 0 Å². The minimum atomic E-state index is -0.408. The minimum Gasteiger partial charge on any atom is -0.390 e. The smallest absolute Gasteiger partial charge is 0.0789 e. The van der Waals surface area contributed by atoms with E-state index in [0.717, 1.165) is 19.7 Å². The van der Waals surface area contributed by atoms with Crippen LogP contribution >= 0.6 is 0 Å². The van der Waals surface area contributed by atoms with Gasteiger partial charge in [-0.15, -0.1) is 0 Å². The lowest BCUT2D eigenvalue weighted by molar-refractivity contribution is -0.0924. The molecule has 4 nitrogen and oxygen atoms in total. The van der Waals surface area contributed by atoms with Gasteiger partial charge in [-0.25, -0.2) is 0 Å². The number of β-amino-alcohol motifs (C(OH)–C–C–N with tert-alkyl or cyclic N) is 1. The van der Waals surface area contributed by atoms with E-state index in [9.17, 15) is 5.11 Å². The molecule has 0 radical (unpaired) electrons. The standard InChI is InChI=1S/C9H20N2O2/c1-9(2)7-11(3-4-13-9)6-8(12)5-10/h8,12H,3-7,10H2,1-2H3. The number of morpholine rings is 1. The maximum atomic E-state index is 9.37. The van der Waals surface area contributed by atoms with E-state index in [1.807, 2.05) is 0 Å². The van der Waals surface area contributed by atoms with E-state index in [0.29, 0.717) is 13.1 Å². The Hall–Kier alpha value is -0.160. The summed E-state index contributed by atoms with van der Waals surface area (Å²) in [5, 5.41) is 9.37. The van der Waals surface area contributed by atoms with Gasteiger partial charge in [-0.1, -0.05) is 0 Å². The molecule has 0 saturated carbocycles. The van der Waals surface area contributed by atoms with Gasteiger partial charge in [0.2, 0.25) is 0 Å². The molecule has 0 aromatic rings. The second kappa shape index (κ2) is 4.37. The Kier molecular flexibility index (Phi) is 3.67. The molecule has 0 bridgehead atoms. The summed E-state index contributed by atoms with van der Waals surface area (Å²) in [4.78, 5) is 2.20. The Balaban J connectivity index is 2.34. The Morgan fingerprint density at radius 2 is 2.31 bits per heavy atom. The summed E-state index contributed by atoms with van der Waals surface area (Å²) < 4.78 is 5.56. The van der Waals surface area contributed by atoms with Gasteiger partial charge >= 0.3 is 0 Å². The number of nitrogens with two attached hydrogens (primary N) is 1. The van der Waals surface area contributed by atoms with Crippen molar-refractivity contribution in [1.29, 1.82) is 0 Å². The molecule has 4 heteroatoms. The number of rotatable bonds is 3. The molecule has 1 heterocycles. The van der Waals surface area contributed by atoms with Crippen LogP contribution in [0.1, 0.15) is 13.8 Å². The monoisotopic (exact) mass is 188 g/mol. The SMILES string of the molecule is CC1(C)CN(CC(O)CN)CCO1. The number of aliphatic hydroxyl groups excluding tert-OH is 1. The summed E-state index contributed by atoms with van der Waals surface area (Å²) in [5.74, 6) is 0. The summed E-state index contributed by atoms with van der Waals surface area (Å²) in [6, 6.07) is 0. The molecular weight excluding hydrogens is 168 g/mol. The molecule has 0 spiro atoms. The lowest BCUT2D eigenvalue weighted by Gasteiger charge is -2.38. The number of ether oxygens (including phenoxy) is 1. The van der Waals surface area contributed by atoms with Gasteiger partial charge in [0.25, 0.3) is 0 Å². The summed E-state index contributed by atoms with van der Waals surface area (Å²) in [5.41, 5.74) is 5.26. The number of nitrogens with zero attached hydrogens (tertiary/aromatic N) is 1. The predicted octanol–water partition coefficient (Wildman–Crippen LogP) is -0.583. The van der Waals surface area contributed by atoms with Crippen molar-refractivity contribution in [3.8, 4) is 0 Å². The topological polar surface area (TPSA) is 58.7 Å². The van der Waals surface area contributed by atoms with Crippen molar-refractivity contribution in [3.05, 3.63) is 0 Å². The molecule has 1 aliphatic rings. The van der Waals surface area contributed by atoms with Gasteiger partial charge in [0, 0.05) is 26.2 Å². The average molecular weight is 188 g/mol. The van der Waals surface area contributed by atoms with E-state index in [1.54, 1.807) is 0 Å². The van der Waals surface area contributed by atoms with Crippen LogP contribution in [0.3, 0.4) is 0 Å². The lowest BCUT2D eigenvalue weighted by Crippen LogP contribution is -2.51. The first-order chi connectivity index (χ1) is 6.03. The maximum Gasteiger partial charge on any atom is 0.0789 e. The third kappa shape index (κ3) is 3.60. The largest absolute Gasteiger partial charge is 0.390 e. The second-order valence-electron chi connectivity index (χ2n) is 4.23. The van der Waals surface area contributed by atoms with E-state index in [4.69, 9.17) is 10.5 Å². The first-order valence-corrected chi connectivity index (χ1v) is 4.78. The molecule has 1 saturated heterocycles. The van der Waals surface area contributed by atoms with Gasteiger partial charge in [0.1, 0.15) is 0 Å². The van der Waals surface area contributed by atoms with Crippen LogP contribution in [0.2, 0.25) is 0 Å². The molecule has 1 rings (SSSR count). The zero-order valence-corrected chi connectivity index (χ0v) is 8.49. The summed E-state index contributed by atoms with van der Waals surface area (Å²) in [6.07, 6.45) is -0.408. The van der Waals surface area contributed by atoms with Gasteiger partial charge in [-0.2, -0.15) is 0 Å². The lowest BCUT2D eigenvalue weighted by atomic mass is 10.1. The van der Waals surface area contributed by atoms with Crippen LogP contribution in [-0.4, -0.2) is 54.5 Å². The van der Waals surface area contributed by atoms with Gasteiger partial charge in [-0.05, 0) is 13.8 Å². The second-order valence-corrected chi connectivity index (χ2v) is 4.23. The zero-order valence-electron chi connectivity index (χ0n) is 8.49. The molecule has 0 amide bonds. The predicted molar refractivity (Wildman–Crippen MR) is 51.5 cm³/mol. The Morgan fingerprint density at radius 3 is 2.85 bits per heavy atom. The van der Waals surface area contributed by atoms with Crippen LogP contribution in [-0.2, 0) is 4.74 Å². The number of hydrogen-bond donors (Lipinski definition) is 2. The molecule has 0 aliphatic carbocycles. The normalized spacial score (nSPS) is 25.8. The van der Waals surface area contributed by atoms with Crippen molar-refractivity contribution in [2.24, 2.45) is 5.73 Å². The number of hydrogen-bond acceptors (Lipinski definition) is 4. The van der Waals surface area contributed by atoms with Gasteiger partial charge in [-0.3, -0.25) is 4.90 Å². The fourth-order valence-corrected chi connectivity index (χ4v) is 1.64.